The van der Waals surface area contributed by atoms with Gasteiger partial charge in [0.25, 0.3) is 5.91 Å². The predicted octanol–water partition coefficient (Wildman–Crippen LogP) is 3.12. The number of benzene rings is 1. The molecule has 1 aromatic carbocycles. The lowest BCUT2D eigenvalue weighted by molar-refractivity contribution is -0.140. The molecule has 0 spiro atoms. The van der Waals surface area contributed by atoms with Gasteiger partial charge in [0.2, 0.25) is 0 Å². The number of likely N-dealkylation sites (N-methyl/N-ethyl adjacent to an activating group) is 1. The van der Waals surface area contributed by atoms with Crippen molar-refractivity contribution in [2.24, 2.45) is 4.99 Å². The summed E-state index contributed by atoms with van der Waals surface area (Å²) >= 11 is 15.4. The number of amidine groups is 1. The number of amides is 1. The summed E-state index contributed by atoms with van der Waals surface area (Å²) < 4.78 is 20.5. The second kappa shape index (κ2) is 7.88. The fourth-order valence-corrected chi connectivity index (χ4v) is 3.65. The van der Waals surface area contributed by atoms with Crippen LogP contribution in [0.5, 0.6) is 0 Å². The minimum absolute atomic E-state index is 0.130. The van der Waals surface area contributed by atoms with Crippen molar-refractivity contribution in [2.75, 3.05) is 39.1 Å². The molecule has 2 heterocycles. The molecular formula is C16H18BrCl2FN4O2. The first-order valence-electron chi connectivity index (χ1n) is 8.03. The Morgan fingerprint density at radius 3 is 2.96 bits per heavy atom. The van der Waals surface area contributed by atoms with Crippen molar-refractivity contribution in [1.82, 2.24) is 9.80 Å². The summed E-state index contributed by atoms with van der Waals surface area (Å²) in [5.74, 6) is -0.166. The zero-order chi connectivity index (χ0) is 19.0. The molecule has 1 amide bonds. The summed E-state index contributed by atoms with van der Waals surface area (Å²) in [6.07, 6.45) is 0.0802. The summed E-state index contributed by atoms with van der Waals surface area (Å²) in [7, 11) is 3.36. The van der Waals surface area contributed by atoms with E-state index in [1.807, 2.05) is 4.90 Å². The Hall–Kier alpha value is -1.09. The standard InChI is InChI=1S/C16H18BrCl2FN4O2/c1-23(2)15(25)10-7-24(4-3-5-26-10)14-8-6-9(18)11(17)12(20)13(8)21-16(19)22-14/h6,10,16,21H,3-5,7H2,1-2H3. The van der Waals surface area contributed by atoms with E-state index in [4.69, 9.17) is 27.9 Å². The van der Waals surface area contributed by atoms with Crippen LogP contribution in [0, 0.1) is 5.82 Å². The average molecular weight is 468 g/mol. The fraction of sp³-hybridized carbons (Fsp3) is 0.500. The van der Waals surface area contributed by atoms with Crippen LogP contribution in [0.4, 0.5) is 10.1 Å². The van der Waals surface area contributed by atoms with Crippen LogP contribution in [0.2, 0.25) is 5.02 Å². The second-order valence-corrected chi connectivity index (χ2v) is 7.85. The Morgan fingerprint density at radius 1 is 1.54 bits per heavy atom. The lowest BCUT2D eigenvalue weighted by atomic mass is 10.1. The van der Waals surface area contributed by atoms with Crippen LogP contribution in [-0.2, 0) is 9.53 Å². The molecule has 6 nitrogen and oxygen atoms in total. The van der Waals surface area contributed by atoms with Crippen LogP contribution >= 0.6 is 39.1 Å². The summed E-state index contributed by atoms with van der Waals surface area (Å²) in [5.41, 5.74) is -0.0928. The topological polar surface area (TPSA) is 57.2 Å². The number of ether oxygens (including phenoxy) is 1. The number of anilines is 1. The van der Waals surface area contributed by atoms with Gasteiger partial charge < -0.3 is 19.9 Å². The molecule has 2 aliphatic heterocycles. The van der Waals surface area contributed by atoms with Crippen molar-refractivity contribution >= 4 is 56.6 Å². The molecule has 2 aliphatic rings. The first kappa shape index (κ1) is 19.7. The van der Waals surface area contributed by atoms with Crippen molar-refractivity contribution in [2.45, 2.75) is 18.1 Å². The molecule has 2 atom stereocenters. The maximum absolute atomic E-state index is 14.6. The summed E-state index contributed by atoms with van der Waals surface area (Å²) in [6.45, 7) is 1.36. The van der Waals surface area contributed by atoms with E-state index in [2.05, 4.69) is 26.2 Å². The molecule has 0 aliphatic carbocycles. The van der Waals surface area contributed by atoms with E-state index in [1.54, 1.807) is 20.2 Å². The molecular weight excluding hydrogens is 450 g/mol. The molecule has 1 N–H and O–H groups in total. The SMILES string of the molecule is CN(C)C(=O)C1CN(C2=NC(Cl)Nc3c2cc(Cl)c(Br)c3F)CCCO1. The molecule has 2 unspecified atom stereocenters. The van der Waals surface area contributed by atoms with Gasteiger partial charge in [0, 0.05) is 32.8 Å². The molecule has 0 aromatic heterocycles. The lowest BCUT2D eigenvalue weighted by Crippen LogP contribution is -2.45. The highest BCUT2D eigenvalue weighted by Gasteiger charge is 2.32. The number of hydrogen-bond acceptors (Lipinski definition) is 5. The quantitative estimate of drug-likeness (QED) is 0.391. The highest BCUT2D eigenvalue weighted by Crippen LogP contribution is 2.37. The second-order valence-electron chi connectivity index (χ2n) is 6.23. The molecule has 1 saturated heterocycles. The number of fused-ring (bicyclic) bond motifs is 1. The zero-order valence-electron chi connectivity index (χ0n) is 14.2. The van der Waals surface area contributed by atoms with E-state index >= 15 is 0 Å². The van der Waals surface area contributed by atoms with E-state index in [9.17, 15) is 9.18 Å². The summed E-state index contributed by atoms with van der Waals surface area (Å²) in [4.78, 5) is 20.2. The van der Waals surface area contributed by atoms with Gasteiger partial charge in [-0.3, -0.25) is 4.79 Å². The average Bonchev–Trinajstić information content (AvgIpc) is 2.85. The van der Waals surface area contributed by atoms with E-state index in [1.165, 1.54) is 4.90 Å². The van der Waals surface area contributed by atoms with Crippen LogP contribution in [0.15, 0.2) is 15.5 Å². The van der Waals surface area contributed by atoms with Crippen LogP contribution < -0.4 is 5.32 Å². The van der Waals surface area contributed by atoms with Crippen molar-refractivity contribution in [3.63, 3.8) is 0 Å². The highest BCUT2D eigenvalue weighted by molar-refractivity contribution is 9.10. The number of nitrogens with zero attached hydrogens (tertiary/aromatic N) is 3. The maximum Gasteiger partial charge on any atom is 0.253 e. The van der Waals surface area contributed by atoms with Gasteiger partial charge in [-0.25, -0.2) is 9.38 Å². The Morgan fingerprint density at radius 2 is 2.27 bits per heavy atom. The van der Waals surface area contributed by atoms with E-state index in [0.717, 1.165) is 0 Å². The van der Waals surface area contributed by atoms with Crippen molar-refractivity contribution in [3.05, 3.63) is 26.9 Å². The first-order valence-corrected chi connectivity index (χ1v) is 9.64. The number of aliphatic imine (C=N–C) groups is 1. The monoisotopic (exact) mass is 466 g/mol. The van der Waals surface area contributed by atoms with Gasteiger partial charge in [-0.1, -0.05) is 23.2 Å². The molecule has 0 bridgehead atoms. The highest BCUT2D eigenvalue weighted by atomic mass is 79.9. The van der Waals surface area contributed by atoms with E-state index in [0.29, 0.717) is 37.5 Å². The first-order chi connectivity index (χ1) is 12.3. The third-order valence-electron chi connectivity index (χ3n) is 4.20. The number of hydrogen-bond donors (Lipinski definition) is 1. The number of nitrogens with one attached hydrogen (secondary N) is 1. The Bertz CT molecular complexity index is 762. The molecule has 3 rings (SSSR count). The van der Waals surface area contributed by atoms with Crippen molar-refractivity contribution in [3.8, 4) is 0 Å². The minimum atomic E-state index is -0.827. The molecule has 1 aromatic rings. The third-order valence-corrected chi connectivity index (χ3v) is 5.70. The van der Waals surface area contributed by atoms with Gasteiger partial charge in [0.1, 0.15) is 5.84 Å². The Labute approximate surface area is 169 Å². The van der Waals surface area contributed by atoms with Crippen LogP contribution in [0.25, 0.3) is 0 Å². The van der Waals surface area contributed by atoms with Crippen LogP contribution in [-0.4, -0.2) is 67.1 Å². The van der Waals surface area contributed by atoms with Gasteiger partial charge in [-0.2, -0.15) is 0 Å². The molecule has 26 heavy (non-hydrogen) atoms. The summed E-state index contributed by atoms with van der Waals surface area (Å²) in [5, 5.41) is 3.05. The van der Waals surface area contributed by atoms with Crippen LogP contribution in [0.3, 0.4) is 0 Å². The smallest absolute Gasteiger partial charge is 0.253 e. The van der Waals surface area contributed by atoms with Gasteiger partial charge in [-0.05, 0) is 28.4 Å². The molecule has 0 radical (unpaired) electrons. The molecule has 0 saturated carbocycles. The van der Waals surface area contributed by atoms with Crippen molar-refractivity contribution < 1.29 is 13.9 Å². The Balaban J connectivity index is 1.99. The van der Waals surface area contributed by atoms with Crippen LogP contribution in [0.1, 0.15) is 12.0 Å². The molecule has 10 heteroatoms. The predicted molar refractivity (Wildman–Crippen MR) is 104 cm³/mol. The van der Waals surface area contributed by atoms with Gasteiger partial charge in [0.15, 0.2) is 17.5 Å². The molecule has 142 valence electrons. The number of carbonyl (C=O) groups is 1. The number of carbonyl (C=O) groups excluding carboxylic acids is 1. The number of rotatable bonds is 1. The maximum atomic E-state index is 14.6. The van der Waals surface area contributed by atoms with Gasteiger partial charge in [-0.15, -0.1) is 0 Å². The fourth-order valence-electron chi connectivity index (χ4n) is 2.95. The van der Waals surface area contributed by atoms with Gasteiger partial charge in [0.05, 0.1) is 21.7 Å². The normalized spacial score (nSPS) is 22.8. The zero-order valence-corrected chi connectivity index (χ0v) is 17.3. The summed E-state index contributed by atoms with van der Waals surface area (Å²) in [6, 6.07) is 1.63. The molecule has 1 fully saturated rings. The van der Waals surface area contributed by atoms with E-state index < -0.39 is 17.5 Å². The minimum Gasteiger partial charge on any atom is -0.366 e. The number of alkyl halides is 1. The third kappa shape index (κ3) is 3.78. The Kier molecular flexibility index (Phi) is 5.96. The van der Waals surface area contributed by atoms with Crippen molar-refractivity contribution in [1.29, 1.82) is 0 Å². The lowest BCUT2D eigenvalue weighted by Gasteiger charge is -2.32. The van der Waals surface area contributed by atoms with E-state index in [-0.39, 0.29) is 21.1 Å². The largest absolute Gasteiger partial charge is 0.366 e. The van der Waals surface area contributed by atoms with Gasteiger partial charge >= 0.3 is 0 Å². The number of halogens is 4.